The van der Waals surface area contributed by atoms with Gasteiger partial charge in [-0.05, 0) is 30.5 Å². The van der Waals surface area contributed by atoms with Crippen LogP contribution in [-0.4, -0.2) is 37.1 Å². The van der Waals surface area contributed by atoms with Gasteiger partial charge in [0.05, 0.1) is 25.9 Å². The molecule has 1 aromatic carbocycles. The van der Waals surface area contributed by atoms with Crippen molar-refractivity contribution in [1.82, 2.24) is 0 Å². The summed E-state index contributed by atoms with van der Waals surface area (Å²) in [6, 6.07) is 5.86. The third kappa shape index (κ3) is 2.44. The predicted octanol–water partition coefficient (Wildman–Crippen LogP) is 1.54. The van der Waals surface area contributed by atoms with E-state index >= 15 is 0 Å². The van der Waals surface area contributed by atoms with Gasteiger partial charge in [0.25, 0.3) is 0 Å². The van der Waals surface area contributed by atoms with Crippen LogP contribution in [0.4, 0.5) is 0 Å². The normalized spacial score (nSPS) is 21.2. The molecule has 0 radical (unpaired) electrons. The Labute approximate surface area is 106 Å². The van der Waals surface area contributed by atoms with Crippen LogP contribution < -0.4 is 9.47 Å². The molecule has 0 aromatic heterocycles. The Bertz CT molecular complexity index is 435. The van der Waals surface area contributed by atoms with Gasteiger partial charge in [-0.3, -0.25) is 0 Å². The maximum atomic E-state index is 9.92. The van der Waals surface area contributed by atoms with Crippen molar-refractivity contribution in [2.75, 3.05) is 20.3 Å². The molecule has 0 bridgehead atoms. The lowest BCUT2D eigenvalue weighted by molar-refractivity contribution is -0.0803. The number of methoxy groups -OCH3 is 1. The SMILES string of the molecule is COc1cc(CC2(O)CC2)ccc1OC1COC1. The van der Waals surface area contributed by atoms with Gasteiger partial charge in [-0.2, -0.15) is 0 Å². The third-order valence-electron chi connectivity index (χ3n) is 3.49. The van der Waals surface area contributed by atoms with Crippen molar-refractivity contribution < 1.29 is 19.3 Å². The van der Waals surface area contributed by atoms with E-state index in [1.165, 1.54) is 0 Å². The van der Waals surface area contributed by atoms with E-state index < -0.39 is 5.60 Å². The molecule has 1 aliphatic carbocycles. The van der Waals surface area contributed by atoms with E-state index in [4.69, 9.17) is 14.2 Å². The first-order chi connectivity index (χ1) is 8.68. The fourth-order valence-electron chi connectivity index (χ4n) is 2.08. The average molecular weight is 250 g/mol. The maximum Gasteiger partial charge on any atom is 0.161 e. The first-order valence-electron chi connectivity index (χ1n) is 6.32. The van der Waals surface area contributed by atoms with Gasteiger partial charge in [0.2, 0.25) is 0 Å². The largest absolute Gasteiger partial charge is 0.493 e. The molecule has 98 valence electrons. The molecular weight excluding hydrogens is 232 g/mol. The molecule has 1 saturated carbocycles. The van der Waals surface area contributed by atoms with Crippen LogP contribution in [0.1, 0.15) is 18.4 Å². The van der Waals surface area contributed by atoms with E-state index in [-0.39, 0.29) is 6.10 Å². The molecule has 0 atom stereocenters. The Balaban J connectivity index is 1.73. The highest BCUT2D eigenvalue weighted by atomic mass is 16.6. The van der Waals surface area contributed by atoms with Crippen LogP contribution in [0.3, 0.4) is 0 Å². The second kappa shape index (κ2) is 4.44. The molecule has 1 aromatic rings. The summed E-state index contributed by atoms with van der Waals surface area (Å²) in [6.45, 7) is 1.29. The summed E-state index contributed by atoms with van der Waals surface area (Å²) in [5.41, 5.74) is 0.610. The summed E-state index contributed by atoms with van der Waals surface area (Å²) in [5, 5.41) is 9.92. The molecule has 3 rings (SSSR count). The number of hydrogen-bond donors (Lipinski definition) is 1. The highest BCUT2D eigenvalue weighted by Gasteiger charge is 2.40. The van der Waals surface area contributed by atoms with Gasteiger partial charge in [0.1, 0.15) is 6.10 Å². The zero-order valence-corrected chi connectivity index (χ0v) is 10.5. The smallest absolute Gasteiger partial charge is 0.161 e. The molecule has 18 heavy (non-hydrogen) atoms. The first-order valence-corrected chi connectivity index (χ1v) is 6.32. The molecule has 1 N–H and O–H groups in total. The Morgan fingerprint density at radius 2 is 2.11 bits per heavy atom. The topological polar surface area (TPSA) is 47.9 Å². The van der Waals surface area contributed by atoms with E-state index in [0.717, 1.165) is 29.9 Å². The zero-order valence-electron chi connectivity index (χ0n) is 10.5. The van der Waals surface area contributed by atoms with Crippen LogP contribution in [-0.2, 0) is 11.2 Å². The lowest BCUT2D eigenvalue weighted by Crippen LogP contribution is -2.38. The maximum absolute atomic E-state index is 9.92. The van der Waals surface area contributed by atoms with E-state index in [0.29, 0.717) is 19.6 Å². The summed E-state index contributed by atoms with van der Waals surface area (Å²) >= 11 is 0. The minimum atomic E-state index is -0.477. The Morgan fingerprint density at radius 3 is 2.67 bits per heavy atom. The van der Waals surface area contributed by atoms with E-state index in [2.05, 4.69) is 0 Å². The number of hydrogen-bond acceptors (Lipinski definition) is 4. The van der Waals surface area contributed by atoms with Crippen molar-refractivity contribution in [3.63, 3.8) is 0 Å². The molecule has 4 nitrogen and oxygen atoms in total. The Morgan fingerprint density at radius 1 is 1.33 bits per heavy atom. The summed E-state index contributed by atoms with van der Waals surface area (Å²) < 4.78 is 16.2. The van der Waals surface area contributed by atoms with E-state index in [9.17, 15) is 5.11 Å². The molecule has 1 aliphatic heterocycles. The van der Waals surface area contributed by atoms with Gasteiger partial charge in [-0.1, -0.05) is 6.07 Å². The van der Waals surface area contributed by atoms with Gasteiger partial charge >= 0.3 is 0 Å². The van der Waals surface area contributed by atoms with Gasteiger partial charge in [-0.15, -0.1) is 0 Å². The molecule has 1 heterocycles. The van der Waals surface area contributed by atoms with Crippen LogP contribution >= 0.6 is 0 Å². The number of benzene rings is 1. The standard InChI is InChI=1S/C14H18O4/c1-16-13-6-10(7-14(15)4-5-14)2-3-12(13)18-11-8-17-9-11/h2-3,6,11,15H,4-5,7-9H2,1H3. The number of aliphatic hydroxyl groups is 1. The molecule has 2 aliphatic rings. The zero-order chi connectivity index (χ0) is 12.6. The monoisotopic (exact) mass is 250 g/mol. The Hall–Kier alpha value is -1.26. The molecule has 0 amide bonds. The minimum absolute atomic E-state index is 0.136. The van der Waals surface area contributed by atoms with Gasteiger partial charge < -0.3 is 19.3 Å². The average Bonchev–Trinajstić information content (AvgIpc) is 3.02. The molecular formula is C14H18O4. The highest BCUT2D eigenvalue weighted by molar-refractivity contribution is 5.43. The molecule has 0 unspecified atom stereocenters. The summed E-state index contributed by atoms with van der Waals surface area (Å²) in [5.74, 6) is 1.47. The number of ether oxygens (including phenoxy) is 3. The lowest BCUT2D eigenvalue weighted by atomic mass is 10.1. The molecule has 2 fully saturated rings. The highest BCUT2D eigenvalue weighted by Crippen LogP contribution is 2.39. The van der Waals surface area contributed by atoms with Crippen molar-refractivity contribution >= 4 is 0 Å². The molecule has 0 spiro atoms. The fourth-order valence-corrected chi connectivity index (χ4v) is 2.08. The van der Waals surface area contributed by atoms with Crippen molar-refractivity contribution in [2.24, 2.45) is 0 Å². The molecule has 4 heteroatoms. The summed E-state index contributed by atoms with van der Waals surface area (Å²) in [7, 11) is 1.63. The van der Waals surface area contributed by atoms with Crippen molar-refractivity contribution in [2.45, 2.75) is 31.0 Å². The number of rotatable bonds is 5. The van der Waals surface area contributed by atoms with Crippen LogP contribution in [0.15, 0.2) is 18.2 Å². The quantitative estimate of drug-likeness (QED) is 0.861. The van der Waals surface area contributed by atoms with Crippen LogP contribution in [0.2, 0.25) is 0 Å². The second-order valence-corrected chi connectivity index (χ2v) is 5.16. The Kier molecular flexibility index (Phi) is 2.92. The van der Waals surface area contributed by atoms with E-state index in [1.54, 1.807) is 7.11 Å². The first kappa shape index (κ1) is 11.8. The summed E-state index contributed by atoms with van der Waals surface area (Å²) in [6.07, 6.45) is 2.62. The van der Waals surface area contributed by atoms with Crippen molar-refractivity contribution in [3.8, 4) is 11.5 Å². The van der Waals surface area contributed by atoms with Crippen molar-refractivity contribution in [3.05, 3.63) is 23.8 Å². The minimum Gasteiger partial charge on any atom is -0.493 e. The third-order valence-corrected chi connectivity index (χ3v) is 3.49. The fraction of sp³-hybridized carbons (Fsp3) is 0.571. The summed E-state index contributed by atoms with van der Waals surface area (Å²) in [4.78, 5) is 0. The van der Waals surface area contributed by atoms with Crippen molar-refractivity contribution in [1.29, 1.82) is 0 Å². The van der Waals surface area contributed by atoms with Crippen LogP contribution in [0.5, 0.6) is 11.5 Å². The van der Waals surface area contributed by atoms with E-state index in [1.807, 2.05) is 18.2 Å². The van der Waals surface area contributed by atoms with Crippen LogP contribution in [0, 0.1) is 0 Å². The lowest BCUT2D eigenvalue weighted by Gasteiger charge is -2.27. The second-order valence-electron chi connectivity index (χ2n) is 5.16. The van der Waals surface area contributed by atoms with Crippen LogP contribution in [0.25, 0.3) is 0 Å². The molecule has 1 saturated heterocycles. The van der Waals surface area contributed by atoms with Gasteiger partial charge in [-0.25, -0.2) is 0 Å². The predicted molar refractivity (Wildman–Crippen MR) is 66.1 cm³/mol. The van der Waals surface area contributed by atoms with Gasteiger partial charge in [0, 0.05) is 6.42 Å². The van der Waals surface area contributed by atoms with Gasteiger partial charge in [0.15, 0.2) is 11.5 Å².